The Labute approximate surface area is 280 Å². The van der Waals surface area contributed by atoms with Gasteiger partial charge in [-0.25, -0.2) is 0 Å². The third kappa shape index (κ3) is 57.1. The molecule has 0 amide bonds. The molecule has 0 saturated heterocycles. The second-order valence-electron chi connectivity index (χ2n) is 12.0. The Bertz CT molecular complexity index is 505. The summed E-state index contributed by atoms with van der Waals surface area (Å²) >= 11 is 0. The molecule has 246 valence electrons. The first kappa shape index (κ1) is 46.3. The summed E-state index contributed by atoms with van der Waals surface area (Å²) in [6.07, 6.45) is 43.0. The number of unbranched alkanes of at least 4 members (excludes halogenated alkanes) is 28. The first-order valence-electron chi connectivity index (χ1n) is 17.7. The Morgan fingerprint density at radius 3 is 0.683 bits per heavy atom. The quantitative estimate of drug-likeness (QED) is 0.0446. The summed E-state index contributed by atoms with van der Waals surface area (Å²) in [7, 11) is -4.67. The molecule has 0 aromatic rings. The second-order valence-corrected chi connectivity index (χ2v) is 12.9. The SMILES string of the molecule is CCCCCCCCCCCCCCCCCCOCCCCCCCCCCCCCCCC.O=S(=O)(O)O.[NaH]. The van der Waals surface area contributed by atoms with Crippen LogP contribution in [-0.2, 0) is 15.1 Å². The van der Waals surface area contributed by atoms with Crippen LogP contribution in [-0.4, -0.2) is 60.3 Å². The van der Waals surface area contributed by atoms with Crippen molar-refractivity contribution in [1.82, 2.24) is 0 Å². The van der Waals surface area contributed by atoms with Crippen LogP contribution in [0.15, 0.2) is 0 Å². The van der Waals surface area contributed by atoms with Crippen molar-refractivity contribution in [2.24, 2.45) is 0 Å². The van der Waals surface area contributed by atoms with Crippen molar-refractivity contribution in [2.45, 2.75) is 206 Å². The van der Waals surface area contributed by atoms with E-state index in [9.17, 15) is 0 Å². The molecule has 41 heavy (non-hydrogen) atoms. The van der Waals surface area contributed by atoms with Crippen molar-refractivity contribution in [3.8, 4) is 0 Å². The van der Waals surface area contributed by atoms with Gasteiger partial charge in [0.05, 0.1) is 0 Å². The van der Waals surface area contributed by atoms with E-state index in [-0.39, 0.29) is 29.6 Å². The standard InChI is InChI=1S/C34H70O.Na.H2O4S.H/c1-3-5-7-9-11-13-15-17-19-20-22-24-26-28-30-32-34-35-33-31-29-27-25-23-21-18-16-14-12-10-8-6-4-2;;1-5(2,3)4;/h3-34H2,1-2H3;;(H2,1,2,3,4);. The molecule has 0 aliphatic heterocycles. The molecular weight excluding hydrogens is 543 g/mol. The fourth-order valence-corrected chi connectivity index (χ4v) is 5.25. The molecular formula is C34H73NaO5S. The van der Waals surface area contributed by atoms with Crippen LogP contribution in [0.5, 0.6) is 0 Å². The normalized spacial score (nSPS) is 11.2. The zero-order chi connectivity index (χ0) is 29.8. The molecule has 0 aliphatic carbocycles. The average molecular weight is 617 g/mol. The van der Waals surface area contributed by atoms with Crippen LogP contribution in [0, 0.1) is 0 Å². The molecule has 0 saturated carbocycles. The van der Waals surface area contributed by atoms with Gasteiger partial charge in [0, 0.05) is 13.2 Å². The summed E-state index contributed by atoms with van der Waals surface area (Å²) in [5.41, 5.74) is 0. The van der Waals surface area contributed by atoms with E-state index >= 15 is 0 Å². The Hall–Kier alpha value is 0.830. The van der Waals surface area contributed by atoms with E-state index in [2.05, 4.69) is 13.8 Å². The Morgan fingerprint density at radius 1 is 0.366 bits per heavy atom. The van der Waals surface area contributed by atoms with E-state index in [0.717, 1.165) is 13.2 Å². The van der Waals surface area contributed by atoms with Gasteiger partial charge in [0.2, 0.25) is 0 Å². The Kier molecular flexibility index (Phi) is 46.1. The van der Waals surface area contributed by atoms with Gasteiger partial charge < -0.3 is 4.74 Å². The van der Waals surface area contributed by atoms with Crippen LogP contribution in [0.25, 0.3) is 0 Å². The van der Waals surface area contributed by atoms with Crippen molar-refractivity contribution in [3.05, 3.63) is 0 Å². The van der Waals surface area contributed by atoms with E-state index in [1.54, 1.807) is 0 Å². The third-order valence-corrected chi connectivity index (χ3v) is 7.78. The summed E-state index contributed by atoms with van der Waals surface area (Å²) in [4.78, 5) is 0. The zero-order valence-corrected chi connectivity index (χ0v) is 28.0. The van der Waals surface area contributed by atoms with Gasteiger partial charge in [-0.05, 0) is 12.8 Å². The first-order valence-corrected chi connectivity index (χ1v) is 19.1. The van der Waals surface area contributed by atoms with E-state index < -0.39 is 10.4 Å². The summed E-state index contributed by atoms with van der Waals surface area (Å²) in [6, 6.07) is 0. The van der Waals surface area contributed by atoms with Crippen LogP contribution < -0.4 is 0 Å². The van der Waals surface area contributed by atoms with Crippen LogP contribution >= 0.6 is 0 Å². The summed E-state index contributed by atoms with van der Waals surface area (Å²) in [6.45, 7) is 6.60. The van der Waals surface area contributed by atoms with E-state index in [0.29, 0.717) is 0 Å². The number of hydrogen-bond acceptors (Lipinski definition) is 3. The maximum atomic E-state index is 8.74. The van der Waals surface area contributed by atoms with Crippen molar-refractivity contribution in [2.75, 3.05) is 13.2 Å². The second kappa shape index (κ2) is 40.8. The molecule has 5 nitrogen and oxygen atoms in total. The molecule has 0 aromatic heterocycles. The van der Waals surface area contributed by atoms with Gasteiger partial charge in [0.25, 0.3) is 0 Å². The summed E-state index contributed by atoms with van der Waals surface area (Å²) in [5, 5.41) is 0. The number of hydrogen-bond donors (Lipinski definition) is 2. The fraction of sp³-hybridized carbons (Fsp3) is 1.00. The molecule has 0 radical (unpaired) electrons. The average Bonchev–Trinajstić information content (AvgIpc) is 2.91. The Balaban J connectivity index is -0.00000220. The molecule has 0 atom stereocenters. The summed E-state index contributed by atoms with van der Waals surface area (Å²) < 4.78 is 37.4. The molecule has 0 aromatic carbocycles. The molecule has 0 heterocycles. The van der Waals surface area contributed by atoms with Crippen LogP contribution in [0.4, 0.5) is 0 Å². The molecule has 0 rings (SSSR count). The minimum absolute atomic E-state index is 0. The van der Waals surface area contributed by atoms with Crippen molar-refractivity contribution >= 4 is 40.0 Å². The van der Waals surface area contributed by atoms with Crippen LogP contribution in [0.2, 0.25) is 0 Å². The van der Waals surface area contributed by atoms with Gasteiger partial charge in [-0.3, -0.25) is 9.11 Å². The maximum absolute atomic E-state index is 8.74. The summed E-state index contributed by atoms with van der Waals surface area (Å²) in [5.74, 6) is 0. The van der Waals surface area contributed by atoms with Gasteiger partial charge in [-0.15, -0.1) is 0 Å². The predicted octanol–water partition coefficient (Wildman–Crippen LogP) is 11.4. The van der Waals surface area contributed by atoms with E-state index in [1.165, 1.54) is 193 Å². The molecule has 2 N–H and O–H groups in total. The van der Waals surface area contributed by atoms with Crippen molar-refractivity contribution in [1.29, 1.82) is 0 Å². The van der Waals surface area contributed by atoms with Gasteiger partial charge in [0.15, 0.2) is 0 Å². The van der Waals surface area contributed by atoms with E-state index in [4.69, 9.17) is 22.3 Å². The third-order valence-electron chi connectivity index (χ3n) is 7.78. The number of rotatable bonds is 32. The minimum atomic E-state index is -4.67. The van der Waals surface area contributed by atoms with Gasteiger partial charge in [0.1, 0.15) is 0 Å². The fourth-order valence-electron chi connectivity index (χ4n) is 5.25. The molecule has 0 unspecified atom stereocenters. The zero-order valence-electron chi connectivity index (χ0n) is 27.2. The monoisotopic (exact) mass is 617 g/mol. The first-order chi connectivity index (χ1) is 19.4. The van der Waals surface area contributed by atoms with Gasteiger partial charge >= 0.3 is 40.0 Å². The molecule has 0 bridgehead atoms. The molecule has 0 aliphatic rings. The van der Waals surface area contributed by atoms with Crippen molar-refractivity contribution < 1.29 is 22.3 Å². The van der Waals surface area contributed by atoms with Gasteiger partial charge in [-0.2, -0.15) is 8.42 Å². The topological polar surface area (TPSA) is 83.8 Å². The van der Waals surface area contributed by atoms with Crippen molar-refractivity contribution in [3.63, 3.8) is 0 Å². The molecule has 0 spiro atoms. The Morgan fingerprint density at radius 2 is 0.512 bits per heavy atom. The van der Waals surface area contributed by atoms with E-state index in [1.807, 2.05) is 0 Å². The number of ether oxygens (including phenoxy) is 1. The molecule has 7 heteroatoms. The predicted molar refractivity (Wildman–Crippen MR) is 182 cm³/mol. The van der Waals surface area contributed by atoms with Gasteiger partial charge in [-0.1, -0.05) is 194 Å². The van der Waals surface area contributed by atoms with Crippen LogP contribution in [0.1, 0.15) is 206 Å². The molecule has 0 fully saturated rings. The van der Waals surface area contributed by atoms with Crippen LogP contribution in [0.3, 0.4) is 0 Å².